The highest BCUT2D eigenvalue weighted by Crippen LogP contribution is 2.27. The van der Waals surface area contributed by atoms with Gasteiger partial charge in [-0.15, -0.1) is 0 Å². The van der Waals surface area contributed by atoms with Gasteiger partial charge >= 0.3 is 0 Å². The fourth-order valence-electron chi connectivity index (χ4n) is 3.60. The minimum atomic E-state index is -0.178. The standard InChI is InChI=1S/C14H21N3O3/c1-16-7-10(6-13(16)19)14(20)17-5-4-11-9(8-17)2-3-12(18)15-11/h9-11H,2-8H2,1H3,(H,15,18). The first-order valence-electron chi connectivity index (χ1n) is 7.36. The van der Waals surface area contributed by atoms with Crippen LogP contribution in [-0.4, -0.2) is 60.2 Å². The second-order valence-corrected chi connectivity index (χ2v) is 6.22. The molecule has 0 aromatic heterocycles. The van der Waals surface area contributed by atoms with Crippen LogP contribution in [0.15, 0.2) is 0 Å². The molecule has 20 heavy (non-hydrogen) atoms. The van der Waals surface area contributed by atoms with Gasteiger partial charge in [0.25, 0.3) is 0 Å². The summed E-state index contributed by atoms with van der Waals surface area (Å²) in [7, 11) is 1.75. The van der Waals surface area contributed by atoms with Crippen LogP contribution in [0.5, 0.6) is 0 Å². The van der Waals surface area contributed by atoms with Gasteiger partial charge in [0, 0.05) is 45.6 Å². The summed E-state index contributed by atoms with van der Waals surface area (Å²) in [5, 5.41) is 3.02. The lowest BCUT2D eigenvalue weighted by Crippen LogP contribution is -2.56. The van der Waals surface area contributed by atoms with Crippen molar-refractivity contribution < 1.29 is 14.4 Å². The Morgan fingerprint density at radius 1 is 1.25 bits per heavy atom. The van der Waals surface area contributed by atoms with Crippen LogP contribution in [0.2, 0.25) is 0 Å². The molecule has 0 bridgehead atoms. The predicted molar refractivity (Wildman–Crippen MR) is 71.6 cm³/mol. The molecule has 0 saturated carbocycles. The Hall–Kier alpha value is -1.59. The number of likely N-dealkylation sites (tertiary alicyclic amines) is 2. The van der Waals surface area contributed by atoms with Crippen LogP contribution < -0.4 is 5.32 Å². The third kappa shape index (κ3) is 2.39. The summed E-state index contributed by atoms with van der Waals surface area (Å²) < 4.78 is 0. The Morgan fingerprint density at radius 3 is 2.75 bits per heavy atom. The maximum Gasteiger partial charge on any atom is 0.228 e. The number of nitrogens with one attached hydrogen (secondary N) is 1. The van der Waals surface area contributed by atoms with E-state index in [-0.39, 0.29) is 29.7 Å². The van der Waals surface area contributed by atoms with Crippen LogP contribution in [0.4, 0.5) is 0 Å². The first kappa shape index (κ1) is 13.4. The molecule has 0 aromatic rings. The van der Waals surface area contributed by atoms with Crippen molar-refractivity contribution >= 4 is 17.7 Å². The molecule has 0 spiro atoms. The molecule has 3 aliphatic heterocycles. The molecule has 3 aliphatic rings. The van der Waals surface area contributed by atoms with E-state index in [1.807, 2.05) is 4.90 Å². The second kappa shape index (κ2) is 5.07. The molecule has 3 fully saturated rings. The molecular weight excluding hydrogens is 258 g/mol. The molecule has 3 amide bonds. The Morgan fingerprint density at radius 2 is 2.05 bits per heavy atom. The topological polar surface area (TPSA) is 69.7 Å². The lowest BCUT2D eigenvalue weighted by Gasteiger charge is -2.42. The molecule has 0 radical (unpaired) electrons. The average molecular weight is 279 g/mol. The van der Waals surface area contributed by atoms with Crippen molar-refractivity contribution in [2.24, 2.45) is 11.8 Å². The quantitative estimate of drug-likeness (QED) is 0.709. The molecule has 0 aliphatic carbocycles. The molecule has 3 atom stereocenters. The summed E-state index contributed by atoms with van der Waals surface area (Å²) >= 11 is 0. The minimum absolute atomic E-state index is 0.0585. The van der Waals surface area contributed by atoms with Crippen LogP contribution in [0.3, 0.4) is 0 Å². The largest absolute Gasteiger partial charge is 0.353 e. The molecule has 6 nitrogen and oxygen atoms in total. The van der Waals surface area contributed by atoms with Gasteiger partial charge in [0.2, 0.25) is 17.7 Å². The number of hydrogen-bond donors (Lipinski definition) is 1. The highest BCUT2D eigenvalue weighted by Gasteiger charge is 2.39. The fraction of sp³-hybridized carbons (Fsp3) is 0.786. The van der Waals surface area contributed by atoms with E-state index in [9.17, 15) is 14.4 Å². The van der Waals surface area contributed by atoms with Gasteiger partial charge in [0.1, 0.15) is 0 Å². The Labute approximate surface area is 118 Å². The van der Waals surface area contributed by atoms with Gasteiger partial charge in [-0.05, 0) is 18.8 Å². The Balaban J connectivity index is 1.60. The van der Waals surface area contributed by atoms with Crippen molar-refractivity contribution in [3.05, 3.63) is 0 Å². The van der Waals surface area contributed by atoms with Gasteiger partial charge in [0.15, 0.2) is 0 Å². The third-order valence-corrected chi connectivity index (χ3v) is 4.82. The van der Waals surface area contributed by atoms with Gasteiger partial charge in [-0.25, -0.2) is 0 Å². The number of hydrogen-bond acceptors (Lipinski definition) is 3. The fourth-order valence-corrected chi connectivity index (χ4v) is 3.60. The molecule has 1 N–H and O–H groups in total. The first-order valence-corrected chi connectivity index (χ1v) is 7.36. The Bertz CT molecular complexity index is 451. The van der Waals surface area contributed by atoms with Crippen LogP contribution >= 0.6 is 0 Å². The number of piperidine rings is 2. The summed E-state index contributed by atoms with van der Waals surface area (Å²) in [6, 6.07) is 0.230. The van der Waals surface area contributed by atoms with E-state index in [4.69, 9.17) is 0 Å². The van der Waals surface area contributed by atoms with Crippen molar-refractivity contribution in [2.75, 3.05) is 26.7 Å². The summed E-state index contributed by atoms with van der Waals surface area (Å²) in [6.07, 6.45) is 2.60. The van der Waals surface area contributed by atoms with E-state index in [2.05, 4.69) is 5.32 Å². The summed E-state index contributed by atoms with van der Waals surface area (Å²) in [5.74, 6) is 0.498. The smallest absolute Gasteiger partial charge is 0.228 e. The van der Waals surface area contributed by atoms with Crippen molar-refractivity contribution in [1.29, 1.82) is 0 Å². The molecule has 3 unspecified atom stereocenters. The van der Waals surface area contributed by atoms with Crippen molar-refractivity contribution in [1.82, 2.24) is 15.1 Å². The molecule has 3 saturated heterocycles. The first-order chi connectivity index (χ1) is 9.54. The summed E-state index contributed by atoms with van der Waals surface area (Å²) in [4.78, 5) is 38.9. The number of carbonyl (C=O) groups excluding carboxylic acids is 3. The van der Waals surface area contributed by atoms with Crippen LogP contribution in [0.25, 0.3) is 0 Å². The van der Waals surface area contributed by atoms with Gasteiger partial charge in [-0.2, -0.15) is 0 Å². The Kier molecular flexibility index (Phi) is 3.40. The number of carbonyl (C=O) groups is 3. The number of nitrogens with zero attached hydrogens (tertiary/aromatic N) is 2. The zero-order valence-electron chi connectivity index (χ0n) is 11.8. The van der Waals surface area contributed by atoms with Gasteiger partial charge < -0.3 is 15.1 Å². The molecular formula is C14H21N3O3. The normalized spacial score (nSPS) is 34.0. The molecule has 0 aromatic carbocycles. The van der Waals surface area contributed by atoms with E-state index in [1.165, 1.54) is 0 Å². The van der Waals surface area contributed by atoms with E-state index >= 15 is 0 Å². The van der Waals surface area contributed by atoms with E-state index in [1.54, 1.807) is 11.9 Å². The van der Waals surface area contributed by atoms with Crippen molar-refractivity contribution in [3.8, 4) is 0 Å². The molecule has 6 heteroatoms. The molecule has 3 heterocycles. The van der Waals surface area contributed by atoms with Crippen LogP contribution in [0, 0.1) is 11.8 Å². The average Bonchev–Trinajstić information content (AvgIpc) is 2.77. The maximum absolute atomic E-state index is 12.5. The van der Waals surface area contributed by atoms with Gasteiger partial charge in [-0.1, -0.05) is 0 Å². The number of fused-ring (bicyclic) bond motifs is 1. The van der Waals surface area contributed by atoms with E-state index in [0.29, 0.717) is 31.8 Å². The maximum atomic E-state index is 12.5. The van der Waals surface area contributed by atoms with Crippen molar-refractivity contribution in [2.45, 2.75) is 31.7 Å². The summed E-state index contributed by atoms with van der Waals surface area (Å²) in [5.41, 5.74) is 0. The monoisotopic (exact) mass is 279 g/mol. The van der Waals surface area contributed by atoms with Crippen LogP contribution in [0.1, 0.15) is 25.7 Å². The molecule has 3 rings (SSSR count). The lowest BCUT2D eigenvalue weighted by atomic mass is 9.84. The third-order valence-electron chi connectivity index (χ3n) is 4.82. The predicted octanol–water partition coefficient (Wildman–Crippen LogP) is -0.408. The SMILES string of the molecule is CN1CC(C(=O)N2CCC3NC(=O)CCC3C2)CC1=O. The molecule has 110 valence electrons. The van der Waals surface area contributed by atoms with E-state index < -0.39 is 0 Å². The zero-order chi connectivity index (χ0) is 14.3. The van der Waals surface area contributed by atoms with Crippen molar-refractivity contribution in [3.63, 3.8) is 0 Å². The minimum Gasteiger partial charge on any atom is -0.353 e. The summed E-state index contributed by atoms with van der Waals surface area (Å²) in [6.45, 7) is 1.95. The van der Waals surface area contributed by atoms with Crippen LogP contribution in [-0.2, 0) is 14.4 Å². The highest BCUT2D eigenvalue weighted by molar-refractivity contribution is 5.89. The van der Waals surface area contributed by atoms with E-state index in [0.717, 1.165) is 19.4 Å². The zero-order valence-corrected chi connectivity index (χ0v) is 11.8. The number of rotatable bonds is 1. The lowest BCUT2D eigenvalue weighted by molar-refractivity contribution is -0.139. The second-order valence-electron chi connectivity index (χ2n) is 6.22. The van der Waals surface area contributed by atoms with Gasteiger partial charge in [-0.3, -0.25) is 14.4 Å². The van der Waals surface area contributed by atoms with Gasteiger partial charge in [0.05, 0.1) is 5.92 Å². The number of amides is 3. The highest BCUT2D eigenvalue weighted by atomic mass is 16.2.